The lowest BCUT2D eigenvalue weighted by molar-refractivity contribution is 0.301. The van der Waals surface area contributed by atoms with Crippen molar-refractivity contribution < 1.29 is 4.74 Å². The molecule has 2 aromatic rings. The van der Waals surface area contributed by atoms with Crippen molar-refractivity contribution >= 4 is 27.3 Å². The molecule has 5 heteroatoms. The molecule has 0 amide bonds. The van der Waals surface area contributed by atoms with Crippen LogP contribution in [0.3, 0.4) is 0 Å². The zero-order valence-electron chi connectivity index (χ0n) is 11.0. The van der Waals surface area contributed by atoms with Gasteiger partial charge in [0.25, 0.3) is 0 Å². The fourth-order valence-corrected chi connectivity index (χ4v) is 2.90. The molecule has 0 fully saturated rings. The summed E-state index contributed by atoms with van der Waals surface area (Å²) in [4.78, 5) is 4.39. The van der Waals surface area contributed by atoms with E-state index in [2.05, 4.69) is 27.0 Å². The number of aryl methyl sites for hydroxylation is 1. The van der Waals surface area contributed by atoms with Crippen molar-refractivity contribution in [3.8, 4) is 5.75 Å². The normalized spacial score (nSPS) is 12.4. The Morgan fingerprint density at radius 3 is 2.89 bits per heavy atom. The van der Waals surface area contributed by atoms with Gasteiger partial charge in [0.1, 0.15) is 17.4 Å². The number of aromatic nitrogens is 1. The predicted octanol–water partition coefficient (Wildman–Crippen LogP) is 3.68. The number of ether oxygens (including phenoxy) is 1. The first-order valence-corrected chi connectivity index (χ1v) is 7.79. The van der Waals surface area contributed by atoms with E-state index in [0.717, 1.165) is 32.9 Å². The van der Waals surface area contributed by atoms with Gasteiger partial charge in [0.05, 0.1) is 0 Å². The lowest BCUT2D eigenvalue weighted by Gasteiger charge is -2.13. The van der Waals surface area contributed by atoms with Gasteiger partial charge in [0.15, 0.2) is 0 Å². The molecule has 0 spiro atoms. The summed E-state index contributed by atoms with van der Waals surface area (Å²) in [5.74, 6) is 0.883. The monoisotopic (exact) mass is 340 g/mol. The highest BCUT2D eigenvalue weighted by Gasteiger charge is 2.08. The predicted molar refractivity (Wildman–Crippen MR) is 82.7 cm³/mol. The third kappa shape index (κ3) is 4.30. The Kier molecular flexibility index (Phi) is 4.96. The summed E-state index contributed by atoms with van der Waals surface area (Å²) in [7, 11) is 0. The van der Waals surface area contributed by atoms with Gasteiger partial charge >= 0.3 is 0 Å². The molecule has 0 saturated heterocycles. The molecule has 0 aliphatic heterocycles. The Bertz CT molecular complexity index is 554. The number of hydrogen-bond acceptors (Lipinski definition) is 4. The first-order valence-electron chi connectivity index (χ1n) is 6.12. The summed E-state index contributed by atoms with van der Waals surface area (Å²) < 4.78 is 6.91. The molecule has 2 rings (SSSR count). The summed E-state index contributed by atoms with van der Waals surface area (Å²) in [6, 6.07) is 6.13. The van der Waals surface area contributed by atoms with Gasteiger partial charge in [0.2, 0.25) is 0 Å². The standard InChI is InChI=1S/C14H17BrN2OS/c1-9(16)5-11-6-12(15)3-4-13(11)18-7-14-17-10(2)8-19-14/h3-4,6,8-9H,5,7,16H2,1-2H3. The van der Waals surface area contributed by atoms with Gasteiger partial charge in [-0.2, -0.15) is 0 Å². The number of nitrogens with zero attached hydrogens (tertiary/aromatic N) is 1. The molecule has 1 heterocycles. The highest BCUT2D eigenvalue weighted by molar-refractivity contribution is 9.10. The Balaban J connectivity index is 2.10. The highest BCUT2D eigenvalue weighted by atomic mass is 79.9. The van der Waals surface area contributed by atoms with E-state index in [4.69, 9.17) is 10.5 Å². The molecule has 1 atom stereocenters. The smallest absolute Gasteiger partial charge is 0.140 e. The van der Waals surface area contributed by atoms with E-state index in [0.29, 0.717) is 6.61 Å². The number of halogens is 1. The maximum atomic E-state index is 5.87. The quantitative estimate of drug-likeness (QED) is 0.902. The molecule has 3 nitrogen and oxygen atoms in total. The second-order valence-corrected chi connectivity index (χ2v) is 6.46. The summed E-state index contributed by atoms with van der Waals surface area (Å²) in [6.07, 6.45) is 0.797. The van der Waals surface area contributed by atoms with Crippen LogP contribution in [0.15, 0.2) is 28.1 Å². The van der Waals surface area contributed by atoms with E-state index in [-0.39, 0.29) is 6.04 Å². The minimum absolute atomic E-state index is 0.110. The topological polar surface area (TPSA) is 48.1 Å². The minimum Gasteiger partial charge on any atom is -0.486 e. The molecule has 1 aromatic heterocycles. The molecular weight excluding hydrogens is 324 g/mol. The lowest BCUT2D eigenvalue weighted by atomic mass is 10.1. The summed E-state index contributed by atoms with van der Waals surface area (Å²) in [5, 5.41) is 3.02. The summed E-state index contributed by atoms with van der Waals surface area (Å²) >= 11 is 5.10. The fraction of sp³-hybridized carbons (Fsp3) is 0.357. The van der Waals surface area contributed by atoms with Crippen molar-refractivity contribution in [2.45, 2.75) is 32.9 Å². The average molecular weight is 341 g/mol. The van der Waals surface area contributed by atoms with Gasteiger partial charge in [0, 0.05) is 21.6 Å². The largest absolute Gasteiger partial charge is 0.486 e. The summed E-state index contributed by atoms with van der Waals surface area (Å²) in [5.41, 5.74) is 8.03. The van der Waals surface area contributed by atoms with Crippen LogP contribution < -0.4 is 10.5 Å². The van der Waals surface area contributed by atoms with E-state index < -0.39 is 0 Å². The van der Waals surface area contributed by atoms with E-state index in [1.807, 2.05) is 31.4 Å². The van der Waals surface area contributed by atoms with Gasteiger partial charge in [-0.25, -0.2) is 4.98 Å². The van der Waals surface area contributed by atoms with Gasteiger partial charge in [-0.05, 0) is 44.0 Å². The van der Waals surface area contributed by atoms with Gasteiger partial charge in [-0.15, -0.1) is 11.3 Å². The highest BCUT2D eigenvalue weighted by Crippen LogP contribution is 2.25. The molecule has 0 radical (unpaired) electrons. The molecule has 1 unspecified atom stereocenters. The molecule has 0 bridgehead atoms. The summed E-state index contributed by atoms with van der Waals surface area (Å²) in [6.45, 7) is 4.49. The van der Waals surface area contributed by atoms with Crippen LogP contribution >= 0.6 is 27.3 Å². The first kappa shape index (κ1) is 14.5. The molecule has 19 heavy (non-hydrogen) atoms. The number of benzene rings is 1. The minimum atomic E-state index is 0.110. The number of thiazole rings is 1. The second kappa shape index (κ2) is 6.50. The maximum absolute atomic E-state index is 5.87. The Morgan fingerprint density at radius 2 is 2.26 bits per heavy atom. The Labute approximate surface area is 125 Å². The first-order chi connectivity index (χ1) is 9.04. The molecule has 0 saturated carbocycles. The average Bonchev–Trinajstić information content (AvgIpc) is 2.73. The van der Waals surface area contributed by atoms with E-state index in [1.165, 1.54) is 0 Å². The van der Waals surface area contributed by atoms with Crippen LogP contribution in [0.5, 0.6) is 5.75 Å². The van der Waals surface area contributed by atoms with Crippen molar-refractivity contribution in [3.63, 3.8) is 0 Å². The zero-order valence-corrected chi connectivity index (χ0v) is 13.4. The molecule has 1 aromatic carbocycles. The van der Waals surface area contributed by atoms with Crippen molar-refractivity contribution in [3.05, 3.63) is 44.3 Å². The van der Waals surface area contributed by atoms with Crippen LogP contribution in [-0.4, -0.2) is 11.0 Å². The SMILES string of the molecule is Cc1csc(COc2ccc(Br)cc2CC(C)N)n1. The van der Waals surface area contributed by atoms with Crippen molar-refractivity contribution in [2.24, 2.45) is 5.73 Å². The Morgan fingerprint density at radius 1 is 1.47 bits per heavy atom. The molecule has 0 aliphatic carbocycles. The van der Waals surface area contributed by atoms with Gasteiger partial charge in [-0.3, -0.25) is 0 Å². The van der Waals surface area contributed by atoms with Crippen LogP contribution in [0, 0.1) is 6.92 Å². The van der Waals surface area contributed by atoms with E-state index >= 15 is 0 Å². The fourth-order valence-electron chi connectivity index (χ4n) is 1.80. The lowest BCUT2D eigenvalue weighted by Crippen LogP contribution is -2.18. The second-order valence-electron chi connectivity index (χ2n) is 4.60. The van der Waals surface area contributed by atoms with Crippen molar-refractivity contribution in [1.82, 2.24) is 4.98 Å². The van der Waals surface area contributed by atoms with Gasteiger partial charge < -0.3 is 10.5 Å². The Hall–Kier alpha value is -0.910. The number of hydrogen-bond donors (Lipinski definition) is 1. The molecule has 2 N–H and O–H groups in total. The van der Waals surface area contributed by atoms with Crippen LogP contribution in [0.1, 0.15) is 23.2 Å². The molecule has 102 valence electrons. The van der Waals surface area contributed by atoms with E-state index in [1.54, 1.807) is 11.3 Å². The molecular formula is C14H17BrN2OS. The van der Waals surface area contributed by atoms with E-state index in [9.17, 15) is 0 Å². The van der Waals surface area contributed by atoms with Gasteiger partial charge in [-0.1, -0.05) is 15.9 Å². The third-order valence-electron chi connectivity index (χ3n) is 2.58. The van der Waals surface area contributed by atoms with Crippen LogP contribution in [0.2, 0.25) is 0 Å². The third-order valence-corrected chi connectivity index (χ3v) is 4.02. The van der Waals surface area contributed by atoms with Crippen LogP contribution in [0.25, 0.3) is 0 Å². The number of nitrogens with two attached hydrogens (primary N) is 1. The van der Waals surface area contributed by atoms with Crippen molar-refractivity contribution in [1.29, 1.82) is 0 Å². The molecule has 0 aliphatic rings. The zero-order chi connectivity index (χ0) is 13.8. The van der Waals surface area contributed by atoms with Crippen molar-refractivity contribution in [2.75, 3.05) is 0 Å². The number of rotatable bonds is 5. The van der Waals surface area contributed by atoms with Crippen LogP contribution in [0.4, 0.5) is 0 Å². The maximum Gasteiger partial charge on any atom is 0.140 e. The van der Waals surface area contributed by atoms with Crippen LogP contribution in [-0.2, 0) is 13.0 Å².